The fourth-order valence-electron chi connectivity index (χ4n) is 4.50. The number of piperidine rings is 1. The second-order valence-corrected chi connectivity index (χ2v) is 7.53. The lowest BCUT2D eigenvalue weighted by molar-refractivity contribution is -0.925. The smallest absolute Gasteiger partial charge is 0.336 e. The molecule has 2 heterocycles. The molecule has 2 aromatic carbocycles. The normalized spacial score (nSPS) is 24.5. The number of hydrogen-bond acceptors (Lipinski definition) is 2. The molecule has 1 aliphatic rings. The van der Waals surface area contributed by atoms with Gasteiger partial charge < -0.3 is 9.32 Å². The van der Waals surface area contributed by atoms with Crippen LogP contribution >= 0.6 is 0 Å². The summed E-state index contributed by atoms with van der Waals surface area (Å²) < 4.78 is 5.48. The van der Waals surface area contributed by atoms with E-state index in [1.54, 1.807) is 11.0 Å². The molecule has 0 aliphatic carbocycles. The topological polar surface area (TPSA) is 34.7 Å². The summed E-state index contributed by atoms with van der Waals surface area (Å²) in [7, 11) is 0. The first-order valence-corrected chi connectivity index (χ1v) is 8.88. The molecule has 1 fully saturated rings. The van der Waals surface area contributed by atoms with E-state index < -0.39 is 0 Å². The van der Waals surface area contributed by atoms with Crippen molar-refractivity contribution in [1.29, 1.82) is 0 Å². The Morgan fingerprint density at radius 3 is 2.62 bits per heavy atom. The predicted molar refractivity (Wildman–Crippen MR) is 97.3 cm³/mol. The first-order valence-electron chi connectivity index (χ1n) is 8.88. The zero-order valence-electron chi connectivity index (χ0n) is 14.3. The molecular weight excluding hydrogens is 298 g/mol. The van der Waals surface area contributed by atoms with Gasteiger partial charge in [0, 0.05) is 28.9 Å². The fourth-order valence-corrected chi connectivity index (χ4v) is 4.50. The molecule has 1 saturated heterocycles. The Hall–Kier alpha value is -2.13. The van der Waals surface area contributed by atoms with Crippen molar-refractivity contribution in [2.75, 3.05) is 13.1 Å². The summed E-state index contributed by atoms with van der Waals surface area (Å²) in [5, 5.41) is 3.47. The molecule has 0 radical (unpaired) electrons. The Morgan fingerprint density at radius 2 is 1.83 bits per heavy atom. The third kappa shape index (κ3) is 2.84. The summed E-state index contributed by atoms with van der Waals surface area (Å²) in [6.45, 7) is 7.92. The number of rotatable bonds is 2. The maximum absolute atomic E-state index is 12.0. The molecule has 1 aliphatic heterocycles. The largest absolute Gasteiger partial charge is 0.423 e. The molecule has 3 nitrogen and oxygen atoms in total. The van der Waals surface area contributed by atoms with Crippen LogP contribution in [0.4, 0.5) is 0 Å². The van der Waals surface area contributed by atoms with Gasteiger partial charge >= 0.3 is 5.63 Å². The number of quaternary nitrogens is 1. The van der Waals surface area contributed by atoms with Gasteiger partial charge in [0.1, 0.15) is 12.1 Å². The molecule has 3 aromatic rings. The van der Waals surface area contributed by atoms with Gasteiger partial charge in [0.15, 0.2) is 0 Å². The lowest BCUT2D eigenvalue weighted by atomic mass is 9.91. The molecular formula is C21H24NO2+. The maximum atomic E-state index is 12.0. The first-order chi connectivity index (χ1) is 11.6. The van der Waals surface area contributed by atoms with Crippen LogP contribution in [0, 0.1) is 11.8 Å². The minimum Gasteiger partial charge on any atom is -0.423 e. The van der Waals surface area contributed by atoms with Gasteiger partial charge in [-0.15, -0.1) is 0 Å². The van der Waals surface area contributed by atoms with Crippen molar-refractivity contribution in [3.63, 3.8) is 0 Å². The third-order valence-electron chi connectivity index (χ3n) is 5.23. The highest BCUT2D eigenvalue weighted by Gasteiger charge is 2.26. The molecule has 0 amide bonds. The molecule has 1 aromatic heterocycles. The summed E-state index contributed by atoms with van der Waals surface area (Å²) in [5.41, 5.74) is 1.58. The van der Waals surface area contributed by atoms with E-state index in [0.29, 0.717) is 5.58 Å². The van der Waals surface area contributed by atoms with Crippen LogP contribution < -0.4 is 10.5 Å². The van der Waals surface area contributed by atoms with Crippen LogP contribution in [0.2, 0.25) is 0 Å². The number of fused-ring (bicyclic) bond motifs is 3. The van der Waals surface area contributed by atoms with Crippen LogP contribution in [-0.2, 0) is 6.54 Å². The van der Waals surface area contributed by atoms with Gasteiger partial charge in [-0.25, -0.2) is 4.79 Å². The van der Waals surface area contributed by atoms with Crippen molar-refractivity contribution in [2.24, 2.45) is 11.8 Å². The number of likely N-dealkylation sites (tertiary alicyclic amines) is 1. The van der Waals surface area contributed by atoms with Crippen LogP contribution in [0.15, 0.2) is 51.7 Å². The van der Waals surface area contributed by atoms with Crippen LogP contribution in [-0.4, -0.2) is 13.1 Å². The van der Waals surface area contributed by atoms with E-state index >= 15 is 0 Å². The zero-order chi connectivity index (χ0) is 16.7. The average molecular weight is 322 g/mol. The first kappa shape index (κ1) is 15.4. The third-order valence-corrected chi connectivity index (χ3v) is 5.23. The fraction of sp³-hybridized carbons (Fsp3) is 0.381. The van der Waals surface area contributed by atoms with Gasteiger partial charge in [-0.05, 0) is 23.3 Å². The van der Waals surface area contributed by atoms with Gasteiger partial charge in [0.25, 0.3) is 0 Å². The van der Waals surface area contributed by atoms with Gasteiger partial charge in [-0.3, -0.25) is 0 Å². The maximum Gasteiger partial charge on any atom is 0.336 e. The summed E-state index contributed by atoms with van der Waals surface area (Å²) >= 11 is 0. The number of hydrogen-bond donors (Lipinski definition) is 1. The minimum absolute atomic E-state index is 0.245. The van der Waals surface area contributed by atoms with Gasteiger partial charge in [-0.2, -0.15) is 0 Å². The van der Waals surface area contributed by atoms with E-state index in [2.05, 4.69) is 32.0 Å². The highest BCUT2D eigenvalue weighted by atomic mass is 16.4. The molecule has 0 spiro atoms. The summed E-state index contributed by atoms with van der Waals surface area (Å²) in [6.07, 6.45) is 1.31. The van der Waals surface area contributed by atoms with Crippen LogP contribution in [0.25, 0.3) is 21.7 Å². The van der Waals surface area contributed by atoms with E-state index in [1.165, 1.54) is 30.3 Å². The predicted octanol–water partition coefficient (Wildman–Crippen LogP) is 3.01. The number of nitrogens with one attached hydrogen (secondary N) is 1. The molecule has 1 unspecified atom stereocenters. The van der Waals surface area contributed by atoms with Crippen molar-refractivity contribution in [2.45, 2.75) is 26.8 Å². The highest BCUT2D eigenvalue weighted by Crippen LogP contribution is 2.27. The average Bonchev–Trinajstić information content (AvgIpc) is 2.53. The molecule has 3 atom stereocenters. The molecule has 0 saturated carbocycles. The van der Waals surface area contributed by atoms with Crippen molar-refractivity contribution >= 4 is 21.7 Å². The zero-order valence-corrected chi connectivity index (χ0v) is 14.3. The summed E-state index contributed by atoms with van der Waals surface area (Å²) in [4.78, 5) is 13.6. The monoisotopic (exact) mass is 322 g/mol. The van der Waals surface area contributed by atoms with Crippen LogP contribution in [0.5, 0.6) is 0 Å². The second-order valence-electron chi connectivity index (χ2n) is 7.53. The molecule has 0 bridgehead atoms. The van der Waals surface area contributed by atoms with E-state index in [-0.39, 0.29) is 5.63 Å². The molecule has 3 heteroatoms. The van der Waals surface area contributed by atoms with E-state index in [4.69, 9.17) is 4.42 Å². The Kier molecular flexibility index (Phi) is 3.89. The van der Waals surface area contributed by atoms with Crippen molar-refractivity contribution in [1.82, 2.24) is 0 Å². The van der Waals surface area contributed by atoms with Crippen LogP contribution in [0.3, 0.4) is 0 Å². The summed E-state index contributed by atoms with van der Waals surface area (Å²) in [6, 6.07) is 14.0. The Morgan fingerprint density at radius 1 is 1.08 bits per heavy atom. The van der Waals surface area contributed by atoms with E-state index in [9.17, 15) is 4.79 Å². The van der Waals surface area contributed by atoms with Crippen LogP contribution in [0.1, 0.15) is 25.8 Å². The Balaban J connectivity index is 1.84. The SMILES string of the molecule is C[C@@H]1C[C@H](C)C[NH+](Cc2cc(=O)oc3ccc4ccccc4c23)C1. The van der Waals surface area contributed by atoms with Gasteiger partial charge in [0.2, 0.25) is 0 Å². The van der Waals surface area contributed by atoms with Gasteiger partial charge in [0.05, 0.1) is 13.1 Å². The molecule has 1 N–H and O–H groups in total. The quantitative estimate of drug-likeness (QED) is 0.581. The second kappa shape index (κ2) is 6.06. The van der Waals surface area contributed by atoms with Crippen molar-refractivity contribution in [3.05, 3.63) is 58.4 Å². The lowest BCUT2D eigenvalue weighted by Crippen LogP contribution is -3.13. The van der Waals surface area contributed by atoms with Crippen molar-refractivity contribution < 1.29 is 9.32 Å². The lowest BCUT2D eigenvalue weighted by Gasteiger charge is -2.32. The van der Waals surface area contributed by atoms with E-state index in [0.717, 1.165) is 29.3 Å². The standard InChI is InChI=1S/C21H23NO2/c1-14-9-15(2)12-22(11-14)13-17-10-20(23)24-19-8-7-16-5-3-4-6-18(16)21(17)19/h3-8,10,14-15H,9,11-13H2,1-2H3/p+1/t14-,15+. The highest BCUT2D eigenvalue weighted by molar-refractivity contribution is 6.06. The molecule has 4 rings (SSSR count). The molecule has 24 heavy (non-hydrogen) atoms. The van der Waals surface area contributed by atoms with E-state index in [1.807, 2.05) is 18.2 Å². The number of benzene rings is 2. The molecule has 124 valence electrons. The minimum atomic E-state index is -0.245. The Labute approximate surface area is 141 Å². The van der Waals surface area contributed by atoms with Gasteiger partial charge in [-0.1, -0.05) is 44.2 Å². The van der Waals surface area contributed by atoms with Crippen molar-refractivity contribution in [3.8, 4) is 0 Å². The Bertz CT molecular complexity index is 933. The summed E-state index contributed by atoms with van der Waals surface area (Å²) in [5.74, 6) is 1.48.